The summed E-state index contributed by atoms with van der Waals surface area (Å²) in [5.74, 6) is 4.06. The van der Waals surface area contributed by atoms with Crippen LogP contribution >= 0.6 is 0 Å². The molecule has 0 saturated carbocycles. The molecule has 0 spiro atoms. The van der Waals surface area contributed by atoms with Gasteiger partial charge in [0.05, 0.1) is 34.2 Å². The monoisotopic (exact) mass is 1110 g/mol. The highest BCUT2D eigenvalue weighted by Crippen LogP contribution is 1.94. The van der Waals surface area contributed by atoms with Crippen molar-refractivity contribution >= 4 is 0 Å². The molecule has 8 aromatic rings. The van der Waals surface area contributed by atoms with Gasteiger partial charge in [-0.15, -0.1) is 0 Å². The molecule has 0 saturated heterocycles. The predicted octanol–water partition coefficient (Wildman–Crippen LogP) is 16.4. The lowest BCUT2D eigenvalue weighted by molar-refractivity contribution is 0.920. The molecule has 0 aliphatic heterocycles. The van der Waals surface area contributed by atoms with Crippen molar-refractivity contribution in [2.24, 2.45) is 0 Å². The van der Waals surface area contributed by atoms with Crippen LogP contribution in [-0.4, -0.2) is 84.7 Å². The zero-order chi connectivity index (χ0) is 63.9. The van der Waals surface area contributed by atoms with E-state index in [1.807, 2.05) is 252 Å². The topological polar surface area (TPSA) is 219 Å². The Bertz CT molecular complexity index is 1960. The highest BCUT2D eigenvalue weighted by atomic mass is 15.0. The molecule has 8 heterocycles. The number of nitrogens with zero attached hydrogens (tertiary/aromatic N) is 17. The first-order valence-corrected chi connectivity index (χ1v) is 28.2. The van der Waals surface area contributed by atoms with Crippen molar-refractivity contribution < 1.29 is 0 Å². The van der Waals surface area contributed by atoms with Crippen molar-refractivity contribution in [1.82, 2.24) is 84.7 Å². The number of aromatic nitrogens is 17. The van der Waals surface area contributed by atoms with Crippen LogP contribution in [0.25, 0.3) is 0 Å². The second-order valence-electron chi connectivity index (χ2n) is 14.1. The summed E-state index contributed by atoms with van der Waals surface area (Å²) in [6, 6.07) is 5.71. The fourth-order valence-corrected chi connectivity index (χ4v) is 4.18. The van der Waals surface area contributed by atoms with E-state index in [1.165, 1.54) is 6.33 Å². The summed E-state index contributed by atoms with van der Waals surface area (Å²) in [6.07, 6.45) is 20.7. The van der Waals surface area contributed by atoms with Crippen molar-refractivity contribution in [2.75, 3.05) is 0 Å². The molecule has 0 unspecified atom stereocenters. The van der Waals surface area contributed by atoms with Gasteiger partial charge < -0.3 is 0 Å². The Balaban J connectivity index is -0.000000119. The lowest BCUT2D eigenvalue weighted by atomic mass is 10.4. The molecule has 80 heavy (non-hydrogen) atoms. The predicted molar refractivity (Wildman–Crippen MR) is 341 cm³/mol. The average Bonchev–Trinajstić information content (AvgIpc) is 3.46. The minimum Gasteiger partial charge on any atom is -0.261 e. The summed E-state index contributed by atoms with van der Waals surface area (Å²) >= 11 is 0. The molecular weight excluding hydrogens is 995 g/mol. The van der Waals surface area contributed by atoms with Gasteiger partial charge in [0.1, 0.15) is 41.8 Å². The molecule has 0 aliphatic rings. The van der Waals surface area contributed by atoms with Crippen LogP contribution in [-0.2, 0) is 0 Å². The van der Waals surface area contributed by atoms with E-state index in [2.05, 4.69) is 84.7 Å². The van der Waals surface area contributed by atoms with Crippen molar-refractivity contribution in [1.29, 1.82) is 0 Å². The van der Waals surface area contributed by atoms with Gasteiger partial charge in [-0.1, -0.05) is 111 Å². The van der Waals surface area contributed by atoms with Gasteiger partial charge in [-0.25, -0.2) is 54.8 Å². The standard InChI is InChI=1S/7C6H8N2.C5H7N3.8C2H6/c2*1-5-3-8-6(2)4-7-5;1-5-3-7-4-6(2)8-5;1-5-3-6(2)8-4-7-5;1-5-3-7-6(2)8-4-5;2*1-5-3-4-7-6(2)8-5;1-4-6-3-7-5(2)8-4;8*1-2/h7*3-4H,1-2H3;3H,1-2H3;8*1-2H3. The lowest BCUT2D eigenvalue weighted by Crippen LogP contribution is -1.91. The molecule has 8 aromatic heterocycles. The van der Waals surface area contributed by atoms with Crippen LogP contribution in [0.1, 0.15) is 202 Å². The summed E-state index contributed by atoms with van der Waals surface area (Å²) in [4.78, 5) is 67.5. The number of rotatable bonds is 0. The quantitative estimate of drug-likeness (QED) is 0.138. The van der Waals surface area contributed by atoms with Crippen LogP contribution in [0.15, 0.2) is 92.8 Å². The minimum atomic E-state index is 0.775. The minimum absolute atomic E-state index is 0.775. The van der Waals surface area contributed by atoms with Gasteiger partial charge in [-0.2, -0.15) is 0 Å². The third-order valence-electron chi connectivity index (χ3n) is 7.19. The first-order valence-electron chi connectivity index (χ1n) is 28.2. The van der Waals surface area contributed by atoms with E-state index in [-0.39, 0.29) is 0 Å². The normalized spacial score (nSPS) is 8.00. The summed E-state index contributed by atoms with van der Waals surface area (Å²) < 4.78 is 0. The molecule has 0 aromatic carbocycles. The fraction of sp³-hybridized carbons (Fsp3) is 0.508. The summed E-state index contributed by atoms with van der Waals surface area (Å²) in [7, 11) is 0. The Morgan fingerprint density at radius 1 is 0.212 bits per heavy atom. The van der Waals surface area contributed by atoms with E-state index in [1.54, 1.807) is 55.9 Å². The Labute approximate surface area is 488 Å². The van der Waals surface area contributed by atoms with E-state index < -0.39 is 0 Å². The second kappa shape index (κ2) is 67.7. The highest BCUT2D eigenvalue weighted by molar-refractivity contribution is 5.04. The van der Waals surface area contributed by atoms with Crippen LogP contribution in [0, 0.1) is 111 Å². The largest absolute Gasteiger partial charge is 0.261 e. The first-order chi connectivity index (χ1) is 38.3. The fourth-order valence-electron chi connectivity index (χ4n) is 4.18. The van der Waals surface area contributed by atoms with Crippen molar-refractivity contribution in [3.05, 3.63) is 184 Å². The first kappa shape index (κ1) is 89.2. The van der Waals surface area contributed by atoms with E-state index in [4.69, 9.17) is 0 Å². The molecule has 0 aliphatic carbocycles. The molecule has 0 bridgehead atoms. The molecular formula is C63H111N17. The van der Waals surface area contributed by atoms with Gasteiger partial charge in [0.2, 0.25) is 0 Å². The molecule has 0 fully saturated rings. The van der Waals surface area contributed by atoms with Gasteiger partial charge in [-0.05, 0) is 135 Å². The van der Waals surface area contributed by atoms with E-state index >= 15 is 0 Å². The highest BCUT2D eigenvalue weighted by Gasteiger charge is 1.88. The van der Waals surface area contributed by atoms with E-state index in [0.29, 0.717) is 0 Å². The average molecular weight is 1110 g/mol. The maximum atomic E-state index is 4.11. The molecule has 17 heteroatoms. The van der Waals surface area contributed by atoms with Crippen molar-refractivity contribution in [3.63, 3.8) is 0 Å². The van der Waals surface area contributed by atoms with E-state index in [9.17, 15) is 0 Å². The molecule has 8 rings (SSSR count). The molecule has 0 atom stereocenters. The third-order valence-corrected chi connectivity index (χ3v) is 7.19. The second-order valence-corrected chi connectivity index (χ2v) is 14.1. The smallest absolute Gasteiger partial charge is 0.129 e. The van der Waals surface area contributed by atoms with Crippen molar-refractivity contribution in [2.45, 2.75) is 222 Å². The van der Waals surface area contributed by atoms with Gasteiger partial charge in [0.15, 0.2) is 0 Å². The Morgan fingerprint density at radius 2 is 0.500 bits per heavy atom. The SMILES string of the molecule is CC.CC.CC.CC.CC.CC.CC.CC.Cc1cc(C)ncn1.Cc1ccnc(C)n1.Cc1ccnc(C)n1.Cc1cnc(C)cn1.Cc1cnc(C)cn1.Cc1cnc(C)nc1.Cc1cncc(C)n1.Cc1ncnc(C)n1. The van der Waals surface area contributed by atoms with Gasteiger partial charge in [0.25, 0.3) is 0 Å². The maximum Gasteiger partial charge on any atom is 0.129 e. The molecule has 448 valence electrons. The van der Waals surface area contributed by atoms with Crippen LogP contribution < -0.4 is 0 Å². The Hall–Kier alpha value is -7.43. The van der Waals surface area contributed by atoms with Crippen LogP contribution in [0.5, 0.6) is 0 Å². The van der Waals surface area contributed by atoms with Gasteiger partial charge in [0, 0.05) is 84.7 Å². The third kappa shape index (κ3) is 64.9. The molecule has 0 amide bonds. The summed E-state index contributed by atoms with van der Waals surface area (Å²) in [6.45, 7) is 62.7. The Morgan fingerprint density at radius 3 is 0.675 bits per heavy atom. The van der Waals surface area contributed by atoms with Crippen LogP contribution in [0.2, 0.25) is 0 Å². The Kier molecular flexibility index (Phi) is 75.4. The van der Waals surface area contributed by atoms with Crippen LogP contribution in [0.4, 0.5) is 0 Å². The number of hydrogen-bond acceptors (Lipinski definition) is 17. The zero-order valence-electron chi connectivity index (χ0n) is 56.3. The van der Waals surface area contributed by atoms with Gasteiger partial charge >= 0.3 is 0 Å². The van der Waals surface area contributed by atoms with Gasteiger partial charge in [-0.3, -0.25) is 29.9 Å². The van der Waals surface area contributed by atoms with Crippen molar-refractivity contribution in [3.8, 4) is 0 Å². The maximum absolute atomic E-state index is 4.11. The molecule has 0 radical (unpaired) electrons. The van der Waals surface area contributed by atoms with Crippen LogP contribution in [0.3, 0.4) is 0 Å². The zero-order valence-corrected chi connectivity index (χ0v) is 56.3. The summed E-state index contributed by atoms with van der Waals surface area (Å²) in [5, 5.41) is 0. The lowest BCUT2D eigenvalue weighted by Gasteiger charge is -1.89. The summed E-state index contributed by atoms with van der Waals surface area (Å²) in [5.41, 5.74) is 11.0. The molecule has 0 N–H and O–H groups in total. The molecule has 17 nitrogen and oxygen atoms in total. The number of hydrogen-bond donors (Lipinski definition) is 0. The van der Waals surface area contributed by atoms with E-state index in [0.717, 1.165) is 91.6 Å². The number of aryl methyl sites for hydroxylation is 16.